The second kappa shape index (κ2) is 12.0. The van der Waals surface area contributed by atoms with E-state index in [1.54, 1.807) is 14.2 Å². The molecule has 0 amide bonds. The lowest BCUT2D eigenvalue weighted by atomic mass is 9.83. The van der Waals surface area contributed by atoms with Crippen LogP contribution in [0.5, 0.6) is 11.5 Å². The molecule has 0 aliphatic carbocycles. The number of fused-ring (bicyclic) bond motifs is 2. The van der Waals surface area contributed by atoms with Crippen molar-refractivity contribution in [1.29, 1.82) is 0 Å². The molecule has 0 saturated heterocycles. The highest BCUT2D eigenvalue weighted by molar-refractivity contribution is 7.85. The van der Waals surface area contributed by atoms with Crippen LogP contribution in [-0.4, -0.2) is 40.4 Å². The summed E-state index contributed by atoms with van der Waals surface area (Å²) in [6.07, 6.45) is 0. The summed E-state index contributed by atoms with van der Waals surface area (Å²) in [7, 11) is 0.137. The fourth-order valence-corrected chi connectivity index (χ4v) is 9.53. The van der Waals surface area contributed by atoms with Crippen molar-refractivity contribution in [1.82, 2.24) is 0 Å². The molecule has 0 spiro atoms. The van der Waals surface area contributed by atoms with Crippen LogP contribution in [-0.2, 0) is 4.57 Å². The molecule has 1 heterocycles. The van der Waals surface area contributed by atoms with Gasteiger partial charge < -0.3 is 23.8 Å². The number of nitrogens with zero attached hydrogens (tertiary/aromatic N) is 2. The topological polar surface area (TPSA) is 42.0 Å². The lowest BCUT2D eigenvalue weighted by Gasteiger charge is -2.37. The highest BCUT2D eigenvalue weighted by Gasteiger charge is 2.44. The standard InChI is InChI=1S/C35H41N2O3P/c1-7-36(8-2)25-19-21-28-32(23-25)41(38,27-15-12-11-13-16-27)33-24-26(37(9-3)10-4)20-22-29(33)34(28)35-30(39-5)17-14-18-31(35)40-6/h11-24,34H,7-10H2,1-6H3. The summed E-state index contributed by atoms with van der Waals surface area (Å²) in [5, 5.41) is 2.62. The van der Waals surface area contributed by atoms with Gasteiger partial charge in [-0.1, -0.05) is 48.5 Å². The third-order valence-corrected chi connectivity index (χ3v) is 11.6. The van der Waals surface area contributed by atoms with E-state index >= 15 is 4.57 Å². The smallest absolute Gasteiger partial charge is 0.171 e. The van der Waals surface area contributed by atoms with Crippen LogP contribution in [0.3, 0.4) is 0 Å². The van der Waals surface area contributed by atoms with Gasteiger partial charge in [0.2, 0.25) is 0 Å². The van der Waals surface area contributed by atoms with Crippen LogP contribution in [0.1, 0.15) is 50.3 Å². The van der Waals surface area contributed by atoms with Crippen molar-refractivity contribution in [2.75, 3.05) is 50.2 Å². The normalized spacial score (nSPS) is 17.4. The van der Waals surface area contributed by atoms with Gasteiger partial charge in [0, 0.05) is 64.9 Å². The zero-order chi connectivity index (χ0) is 29.1. The van der Waals surface area contributed by atoms with Crippen LogP contribution in [0.15, 0.2) is 84.9 Å². The van der Waals surface area contributed by atoms with E-state index < -0.39 is 7.14 Å². The first-order chi connectivity index (χ1) is 20.0. The number of rotatable bonds is 10. The van der Waals surface area contributed by atoms with Gasteiger partial charge in [0.05, 0.1) is 14.2 Å². The van der Waals surface area contributed by atoms with Crippen molar-refractivity contribution >= 4 is 34.4 Å². The van der Waals surface area contributed by atoms with E-state index in [0.717, 1.165) is 81.7 Å². The summed E-state index contributed by atoms with van der Waals surface area (Å²) in [6, 6.07) is 29.0. The van der Waals surface area contributed by atoms with Crippen molar-refractivity contribution in [3.05, 3.63) is 102 Å². The van der Waals surface area contributed by atoms with Gasteiger partial charge in [-0.05, 0) is 75.2 Å². The Balaban J connectivity index is 1.93. The fraction of sp³-hybridized carbons (Fsp3) is 0.314. The number of anilines is 2. The Hall–Kier alpha value is -3.69. The van der Waals surface area contributed by atoms with Crippen molar-refractivity contribution in [2.45, 2.75) is 33.6 Å². The van der Waals surface area contributed by atoms with E-state index in [1.165, 1.54) is 0 Å². The monoisotopic (exact) mass is 568 g/mol. The average Bonchev–Trinajstić information content (AvgIpc) is 3.03. The molecule has 0 fully saturated rings. The van der Waals surface area contributed by atoms with Crippen LogP contribution in [0.4, 0.5) is 11.4 Å². The zero-order valence-corrected chi connectivity index (χ0v) is 25.9. The summed E-state index contributed by atoms with van der Waals surface area (Å²) in [4.78, 5) is 4.63. The number of benzene rings is 4. The van der Waals surface area contributed by atoms with Crippen molar-refractivity contribution in [2.24, 2.45) is 0 Å². The number of ether oxygens (including phenoxy) is 2. The second-order valence-electron chi connectivity index (χ2n) is 10.3. The van der Waals surface area contributed by atoms with Gasteiger partial charge in [0.25, 0.3) is 0 Å². The Morgan fingerprint density at radius 1 is 0.634 bits per heavy atom. The van der Waals surface area contributed by atoms with Gasteiger partial charge >= 0.3 is 0 Å². The minimum absolute atomic E-state index is 0.214. The molecular weight excluding hydrogens is 527 g/mol. The Morgan fingerprint density at radius 2 is 1.10 bits per heavy atom. The van der Waals surface area contributed by atoms with Crippen molar-refractivity contribution in [3.8, 4) is 11.5 Å². The number of hydrogen-bond donors (Lipinski definition) is 0. The molecule has 0 atom stereocenters. The van der Waals surface area contributed by atoms with E-state index in [2.05, 4.69) is 73.9 Å². The molecule has 0 unspecified atom stereocenters. The van der Waals surface area contributed by atoms with Crippen LogP contribution < -0.4 is 35.2 Å². The summed E-state index contributed by atoms with van der Waals surface area (Å²) in [6.45, 7) is 12.1. The summed E-state index contributed by atoms with van der Waals surface area (Å²) < 4.78 is 27.8. The fourth-order valence-electron chi connectivity index (χ4n) is 6.36. The van der Waals surface area contributed by atoms with Gasteiger partial charge in [0.1, 0.15) is 11.5 Å². The molecule has 6 heteroatoms. The molecule has 5 nitrogen and oxygen atoms in total. The minimum atomic E-state index is -3.26. The molecule has 1 aliphatic heterocycles. The minimum Gasteiger partial charge on any atom is -0.496 e. The predicted molar refractivity (Wildman–Crippen MR) is 173 cm³/mol. The Labute approximate surface area is 245 Å². The first-order valence-electron chi connectivity index (χ1n) is 14.6. The van der Waals surface area contributed by atoms with Crippen molar-refractivity contribution in [3.63, 3.8) is 0 Å². The number of hydrogen-bond acceptors (Lipinski definition) is 5. The van der Waals surface area contributed by atoms with Crippen LogP contribution >= 0.6 is 7.14 Å². The first kappa shape index (κ1) is 28.8. The molecule has 0 aromatic heterocycles. The Bertz CT molecular complexity index is 1470. The van der Waals surface area contributed by atoms with Gasteiger partial charge in [0.15, 0.2) is 7.14 Å². The zero-order valence-electron chi connectivity index (χ0n) is 25.1. The molecule has 214 valence electrons. The highest BCUT2D eigenvalue weighted by atomic mass is 31.2. The molecule has 0 N–H and O–H groups in total. The van der Waals surface area contributed by atoms with E-state index in [-0.39, 0.29) is 5.92 Å². The summed E-state index contributed by atoms with van der Waals surface area (Å²) >= 11 is 0. The van der Waals surface area contributed by atoms with Crippen molar-refractivity contribution < 1.29 is 14.0 Å². The maximum Gasteiger partial charge on any atom is 0.171 e. The largest absolute Gasteiger partial charge is 0.496 e. The van der Waals surface area contributed by atoms with Crippen LogP contribution in [0.2, 0.25) is 0 Å². The molecule has 1 aliphatic rings. The first-order valence-corrected chi connectivity index (χ1v) is 16.3. The van der Waals surface area contributed by atoms with Gasteiger partial charge in [-0.15, -0.1) is 0 Å². The Morgan fingerprint density at radius 3 is 1.51 bits per heavy atom. The number of methoxy groups -OCH3 is 2. The maximum absolute atomic E-state index is 16.0. The van der Waals surface area contributed by atoms with E-state index in [9.17, 15) is 0 Å². The highest BCUT2D eigenvalue weighted by Crippen LogP contribution is 2.55. The van der Waals surface area contributed by atoms with Crippen LogP contribution in [0.25, 0.3) is 0 Å². The SMILES string of the molecule is CCN(CC)c1ccc2c(c1)P(=O)(c1ccccc1)c1cc(N(CC)CC)ccc1C2c1c(OC)cccc1OC. The third-order valence-electron chi connectivity index (χ3n) is 8.46. The van der Waals surface area contributed by atoms with Gasteiger partial charge in [-0.2, -0.15) is 0 Å². The van der Waals surface area contributed by atoms with Crippen LogP contribution in [0, 0.1) is 0 Å². The molecular formula is C35H41N2O3P. The van der Waals surface area contributed by atoms with Gasteiger partial charge in [-0.25, -0.2) is 0 Å². The van der Waals surface area contributed by atoms with E-state index in [1.807, 2.05) is 48.5 Å². The molecule has 0 bridgehead atoms. The lowest BCUT2D eigenvalue weighted by molar-refractivity contribution is 0.384. The predicted octanol–water partition coefficient (Wildman–Crippen LogP) is 6.53. The molecule has 5 rings (SSSR count). The van der Waals surface area contributed by atoms with E-state index in [4.69, 9.17) is 9.47 Å². The average molecular weight is 569 g/mol. The molecule has 41 heavy (non-hydrogen) atoms. The maximum atomic E-state index is 16.0. The quantitative estimate of drug-likeness (QED) is 0.179. The summed E-state index contributed by atoms with van der Waals surface area (Å²) in [5.74, 6) is 1.29. The summed E-state index contributed by atoms with van der Waals surface area (Å²) in [5.41, 5.74) is 5.17. The molecule has 0 radical (unpaired) electrons. The molecule has 4 aromatic carbocycles. The lowest BCUT2D eigenvalue weighted by Crippen LogP contribution is -2.38. The Kier molecular flexibility index (Phi) is 8.47. The molecule has 0 saturated carbocycles. The molecule has 4 aromatic rings. The second-order valence-corrected chi connectivity index (χ2v) is 13.0. The third kappa shape index (κ3) is 4.81. The van der Waals surface area contributed by atoms with E-state index in [0.29, 0.717) is 0 Å². The van der Waals surface area contributed by atoms with Gasteiger partial charge in [-0.3, -0.25) is 0 Å².